The average Bonchev–Trinajstić information content (AvgIpc) is 2.52. The Labute approximate surface area is 546 Å². The van der Waals surface area contributed by atoms with Gasteiger partial charge in [-0.1, -0.05) is 112 Å². The van der Waals surface area contributed by atoms with Crippen molar-refractivity contribution in [3.63, 3.8) is 0 Å². The molecule has 462 valence electrons. The molecule has 4 aromatic rings. The van der Waals surface area contributed by atoms with Crippen LogP contribution in [0.15, 0.2) is 72.8 Å². The summed E-state index contributed by atoms with van der Waals surface area (Å²) in [7, 11) is 5.54. The van der Waals surface area contributed by atoms with Crippen molar-refractivity contribution < 1.29 is 91.4 Å². The van der Waals surface area contributed by atoms with Crippen LogP contribution in [0.4, 0.5) is 0 Å². The van der Waals surface area contributed by atoms with E-state index in [2.05, 4.69) is 63.5 Å². The van der Waals surface area contributed by atoms with Crippen molar-refractivity contribution in [1.82, 2.24) is 20.9 Å². The number of benzene rings is 4. The van der Waals surface area contributed by atoms with Crippen LogP contribution in [0.25, 0.3) is 0 Å². The van der Waals surface area contributed by atoms with Crippen molar-refractivity contribution in [2.75, 3.05) is 35.5 Å². The zero-order chi connectivity index (χ0) is 63.8. The number of halogens is 2. The third-order valence-electron chi connectivity index (χ3n) is 16.4. The summed E-state index contributed by atoms with van der Waals surface area (Å²) in [4.78, 5) is 55.8. The Morgan fingerprint density at radius 3 is 1.16 bits per heavy atom. The van der Waals surface area contributed by atoms with E-state index in [9.17, 15) is 19.2 Å². The first kappa shape index (κ1) is 75.4. The number of rotatable bonds is 16. The molecule has 0 bridgehead atoms. The number of ether oxygens (including phenoxy) is 4. The van der Waals surface area contributed by atoms with Crippen LogP contribution in [0.2, 0.25) is 0 Å². The smallest absolute Gasteiger partial charge is 0.857 e. The SMILES string of the molecule is CC[C@@H](N(NC(=O)c1cccc(OC)c1C)C(=O)c1ccc(C(Br)Br)c(B2OC(C)(C)C(C)(C)O2)c1)C(C)(C)C.CC[C@@H](N(NC(=O)c1cccc(OC)c1C)C(=O)c1ccc(C(OC)OC)c(B2OC(C)(C)C(C)(C)O2)c1)C(C)(C)C.C[O-].[Na+]. The first-order valence-electron chi connectivity index (χ1n) is 28.3. The summed E-state index contributed by atoms with van der Waals surface area (Å²) >= 11 is 7.22. The minimum absolute atomic E-state index is 0. The number of carbonyl (C=O) groups excluding carboxylic acids is 4. The molecule has 0 aromatic heterocycles. The van der Waals surface area contributed by atoms with E-state index in [-0.39, 0.29) is 73.9 Å². The Hall–Kier alpha value is -3.83. The van der Waals surface area contributed by atoms with E-state index >= 15 is 0 Å². The fourth-order valence-corrected chi connectivity index (χ4v) is 11.0. The molecule has 2 atom stereocenters. The average molecular weight is 1320 g/mol. The molecular formula is C63H91B2Br2N4NaO13. The third kappa shape index (κ3) is 17.3. The molecule has 2 aliphatic rings. The van der Waals surface area contributed by atoms with Crippen LogP contribution in [-0.2, 0) is 28.1 Å². The number of hydrazine groups is 2. The van der Waals surface area contributed by atoms with Gasteiger partial charge in [-0.3, -0.25) is 30.0 Å². The number of nitrogens with zero attached hydrogens (tertiary/aromatic N) is 2. The Balaban J connectivity index is 0.000000428. The fourth-order valence-electron chi connectivity index (χ4n) is 10.2. The van der Waals surface area contributed by atoms with Crippen molar-refractivity contribution in [2.24, 2.45) is 10.8 Å². The number of methoxy groups -OCH3 is 4. The second-order valence-corrected chi connectivity index (χ2v) is 28.1. The zero-order valence-electron chi connectivity index (χ0n) is 54.8. The molecule has 2 N–H and O–H groups in total. The van der Waals surface area contributed by atoms with Crippen molar-refractivity contribution in [3.05, 3.63) is 117 Å². The van der Waals surface area contributed by atoms with Crippen LogP contribution >= 0.6 is 31.9 Å². The molecule has 0 saturated carbocycles. The maximum atomic E-state index is 14.4. The van der Waals surface area contributed by atoms with Gasteiger partial charge in [0.15, 0.2) is 6.29 Å². The summed E-state index contributed by atoms with van der Waals surface area (Å²) in [5, 5.41) is 11.2. The van der Waals surface area contributed by atoms with Gasteiger partial charge in [-0.25, -0.2) is 10.0 Å². The fraction of sp³-hybridized carbons (Fsp3) is 0.556. The van der Waals surface area contributed by atoms with Crippen molar-refractivity contribution >= 4 is 80.7 Å². The topological polar surface area (TPSA) is 196 Å². The van der Waals surface area contributed by atoms with Gasteiger partial charge in [-0.15, -0.1) is 0 Å². The number of hydrogen-bond acceptors (Lipinski definition) is 13. The third-order valence-corrected chi connectivity index (χ3v) is 17.4. The molecule has 0 unspecified atom stereocenters. The molecule has 0 radical (unpaired) electrons. The molecule has 0 aliphatic carbocycles. The van der Waals surface area contributed by atoms with Crippen LogP contribution < -0.4 is 65.9 Å². The molecule has 4 aromatic carbocycles. The predicted molar refractivity (Wildman–Crippen MR) is 337 cm³/mol. The second kappa shape index (κ2) is 30.6. The van der Waals surface area contributed by atoms with Crippen LogP contribution in [0.5, 0.6) is 11.5 Å². The van der Waals surface area contributed by atoms with E-state index in [1.54, 1.807) is 95.2 Å². The number of nitrogens with one attached hydrogen (secondary N) is 2. The summed E-state index contributed by atoms with van der Waals surface area (Å²) in [6, 6.07) is 20.7. The van der Waals surface area contributed by atoms with E-state index in [1.165, 1.54) is 10.0 Å². The van der Waals surface area contributed by atoms with Gasteiger partial charge < -0.3 is 42.7 Å². The first-order chi connectivity index (χ1) is 39.0. The quantitative estimate of drug-likeness (QED) is 0.0476. The maximum Gasteiger partial charge on any atom is 1.00 e. The molecule has 6 rings (SSSR count). The van der Waals surface area contributed by atoms with Crippen molar-refractivity contribution in [3.8, 4) is 11.5 Å². The number of hydrogen-bond donors (Lipinski definition) is 2. The monoisotopic (exact) mass is 1310 g/mol. The largest absolute Gasteiger partial charge is 1.00 e. The van der Waals surface area contributed by atoms with E-state index < -0.39 is 48.8 Å². The Morgan fingerprint density at radius 2 is 0.882 bits per heavy atom. The zero-order valence-corrected chi connectivity index (χ0v) is 59.9. The molecular weight excluding hydrogens is 1230 g/mol. The normalized spacial score (nSPS) is 16.4. The van der Waals surface area contributed by atoms with E-state index in [0.29, 0.717) is 68.7 Å². The molecule has 2 aliphatic heterocycles. The maximum absolute atomic E-state index is 14.4. The molecule has 2 saturated heterocycles. The second-order valence-electron chi connectivity index (χ2n) is 25.0. The van der Waals surface area contributed by atoms with Gasteiger partial charge in [-0.05, 0) is 158 Å². The molecule has 2 heterocycles. The van der Waals surface area contributed by atoms with Gasteiger partial charge in [0.1, 0.15) is 11.5 Å². The molecule has 4 amide bonds. The molecule has 22 heteroatoms. The van der Waals surface area contributed by atoms with Crippen LogP contribution in [0, 0.1) is 24.7 Å². The van der Waals surface area contributed by atoms with Gasteiger partial charge in [0.25, 0.3) is 23.6 Å². The summed E-state index contributed by atoms with van der Waals surface area (Å²) in [6.45, 7) is 35.8. The molecule has 2 fully saturated rings. The van der Waals surface area contributed by atoms with Gasteiger partial charge >= 0.3 is 43.8 Å². The summed E-state index contributed by atoms with van der Waals surface area (Å²) in [5.74, 6) is -0.255. The first-order valence-corrected chi connectivity index (χ1v) is 30.1. The predicted octanol–water partition coefficient (Wildman–Crippen LogP) is 7.89. The van der Waals surface area contributed by atoms with Crippen molar-refractivity contribution in [1.29, 1.82) is 0 Å². The Morgan fingerprint density at radius 1 is 0.565 bits per heavy atom. The molecule has 85 heavy (non-hydrogen) atoms. The minimum Gasteiger partial charge on any atom is -0.857 e. The van der Waals surface area contributed by atoms with Crippen LogP contribution in [-0.4, -0.2) is 118 Å². The van der Waals surface area contributed by atoms with E-state index in [4.69, 9.17) is 42.7 Å². The minimum atomic E-state index is -0.766. The summed E-state index contributed by atoms with van der Waals surface area (Å²) < 4.78 is 47.2. The van der Waals surface area contributed by atoms with Crippen LogP contribution in [0.1, 0.15) is 197 Å². The number of carbonyl (C=O) groups is 4. The van der Waals surface area contributed by atoms with E-state index in [1.807, 2.05) is 110 Å². The standard InChI is InChI=1S/C32H47BN2O7.C30H41BBr2N2O5.CH3O.Na/c1-13-26(30(3,4)5)35(34-27(36)22-15-14-16-25(38-10)20(22)2)28(37)21-17-18-23(29(39-11)40-12)24(19-21)33-41-31(6,7)32(8,9)42-33;1-11-24(28(3,4)5)35(34-26(36)20-13-12-14-23(38-10)18(20)2)27(37)19-15-16-21(25(32)33)22(17-19)31-39-29(6,7)30(8,9)40-31;1-2;/h14-19,26,29H,13H2,1-12H3,(H,34,36);12-17,24-25H,11H2,1-10H3,(H,34,36);1H3;/q;;-1;+1/t26-;24-;;/m11../s1. The molecule has 17 nitrogen and oxygen atoms in total. The van der Waals surface area contributed by atoms with Crippen molar-refractivity contribution in [2.45, 2.75) is 182 Å². The van der Waals surface area contributed by atoms with Gasteiger partial charge in [0.05, 0.1) is 52.4 Å². The van der Waals surface area contributed by atoms with Crippen LogP contribution in [0.3, 0.4) is 0 Å². The summed E-state index contributed by atoms with van der Waals surface area (Å²) in [6.07, 6.45) is 0.553. The van der Waals surface area contributed by atoms with E-state index in [0.717, 1.165) is 18.1 Å². The van der Waals surface area contributed by atoms with Gasteiger partial charge in [-0.2, -0.15) is 7.11 Å². The molecule has 0 spiro atoms. The Bertz CT molecular complexity index is 2910. The Kier molecular flexibility index (Phi) is 27.1. The summed E-state index contributed by atoms with van der Waals surface area (Å²) in [5.41, 5.74) is 8.89. The van der Waals surface area contributed by atoms with Gasteiger partial charge in [0.2, 0.25) is 0 Å². The van der Waals surface area contributed by atoms with Gasteiger partial charge in [0, 0.05) is 53.2 Å². The number of alkyl halides is 2. The number of amides is 4.